The first-order chi connectivity index (χ1) is 8.75. The van der Waals surface area contributed by atoms with Crippen LogP contribution in [0.1, 0.15) is 48.9 Å². The van der Waals surface area contributed by atoms with Gasteiger partial charge in [0.1, 0.15) is 0 Å². The number of alkyl halides is 1. The standard InChI is InChI=1S/C17H21Br/c18-16(15-4-2-1-3-5-15)17-9-12-6-13(10-17)8-14(7-12)11-17/h1-5,12-14,16H,6-11H2. The van der Waals surface area contributed by atoms with Crippen molar-refractivity contribution in [3.8, 4) is 0 Å². The highest BCUT2D eigenvalue weighted by Gasteiger charge is 2.53. The average Bonchev–Trinajstić information content (AvgIpc) is 2.37. The molecule has 4 aliphatic rings. The van der Waals surface area contributed by atoms with Crippen LogP contribution in [0.4, 0.5) is 0 Å². The minimum atomic E-state index is 0.579. The van der Waals surface area contributed by atoms with Gasteiger partial charge in [-0.1, -0.05) is 46.3 Å². The van der Waals surface area contributed by atoms with Gasteiger partial charge in [-0.3, -0.25) is 0 Å². The van der Waals surface area contributed by atoms with Crippen molar-refractivity contribution < 1.29 is 0 Å². The predicted octanol–water partition coefficient (Wildman–Crippen LogP) is 5.34. The average molecular weight is 305 g/mol. The zero-order valence-electron chi connectivity index (χ0n) is 10.8. The molecule has 0 N–H and O–H groups in total. The lowest BCUT2D eigenvalue weighted by Crippen LogP contribution is -2.47. The first-order valence-electron chi connectivity index (χ1n) is 7.44. The molecule has 0 spiro atoms. The molecule has 0 aliphatic heterocycles. The van der Waals surface area contributed by atoms with Crippen LogP contribution >= 0.6 is 15.9 Å². The molecule has 1 unspecified atom stereocenters. The molecule has 1 aromatic carbocycles. The molecule has 5 rings (SSSR count). The van der Waals surface area contributed by atoms with Gasteiger partial charge in [-0.05, 0) is 67.3 Å². The topological polar surface area (TPSA) is 0 Å². The third-order valence-electron chi connectivity index (χ3n) is 5.72. The Balaban J connectivity index is 1.67. The van der Waals surface area contributed by atoms with Crippen LogP contribution in [0, 0.1) is 23.2 Å². The summed E-state index contributed by atoms with van der Waals surface area (Å²) in [6.45, 7) is 0. The molecular formula is C17H21Br. The van der Waals surface area contributed by atoms with E-state index in [-0.39, 0.29) is 0 Å². The maximum absolute atomic E-state index is 4.07. The van der Waals surface area contributed by atoms with Crippen LogP contribution in [0.2, 0.25) is 0 Å². The monoisotopic (exact) mass is 304 g/mol. The van der Waals surface area contributed by atoms with Crippen molar-refractivity contribution in [1.82, 2.24) is 0 Å². The number of hydrogen-bond acceptors (Lipinski definition) is 0. The van der Waals surface area contributed by atoms with E-state index in [1.165, 1.54) is 44.1 Å². The summed E-state index contributed by atoms with van der Waals surface area (Å²) in [5, 5.41) is 0. The molecule has 0 saturated heterocycles. The number of hydrogen-bond donors (Lipinski definition) is 0. The molecule has 4 saturated carbocycles. The van der Waals surface area contributed by atoms with E-state index in [4.69, 9.17) is 0 Å². The number of benzene rings is 1. The fourth-order valence-corrected chi connectivity index (χ4v) is 6.33. The van der Waals surface area contributed by atoms with Crippen molar-refractivity contribution in [2.75, 3.05) is 0 Å². The quantitative estimate of drug-likeness (QED) is 0.647. The first-order valence-corrected chi connectivity index (χ1v) is 8.36. The van der Waals surface area contributed by atoms with Crippen molar-refractivity contribution in [1.29, 1.82) is 0 Å². The Labute approximate surface area is 118 Å². The van der Waals surface area contributed by atoms with Gasteiger partial charge in [0, 0.05) is 4.83 Å². The molecule has 18 heavy (non-hydrogen) atoms. The van der Waals surface area contributed by atoms with Gasteiger partial charge in [-0.25, -0.2) is 0 Å². The maximum atomic E-state index is 4.07. The molecule has 96 valence electrons. The van der Waals surface area contributed by atoms with E-state index in [9.17, 15) is 0 Å². The van der Waals surface area contributed by atoms with Crippen LogP contribution in [0.15, 0.2) is 30.3 Å². The summed E-state index contributed by atoms with van der Waals surface area (Å²) in [5.41, 5.74) is 2.08. The first kappa shape index (κ1) is 11.5. The second kappa shape index (κ2) is 4.10. The van der Waals surface area contributed by atoms with Crippen molar-refractivity contribution in [3.63, 3.8) is 0 Å². The van der Waals surface area contributed by atoms with Gasteiger partial charge in [0.05, 0.1) is 0 Å². The molecule has 4 aliphatic carbocycles. The Bertz CT molecular complexity index is 401. The number of rotatable bonds is 2. The lowest BCUT2D eigenvalue weighted by molar-refractivity contribution is -0.0528. The van der Waals surface area contributed by atoms with Crippen LogP contribution in [-0.4, -0.2) is 0 Å². The molecule has 0 heterocycles. The van der Waals surface area contributed by atoms with Crippen LogP contribution in [-0.2, 0) is 0 Å². The minimum absolute atomic E-state index is 0.579. The highest BCUT2D eigenvalue weighted by atomic mass is 79.9. The van der Waals surface area contributed by atoms with Crippen LogP contribution in [0.3, 0.4) is 0 Å². The van der Waals surface area contributed by atoms with Crippen LogP contribution in [0.5, 0.6) is 0 Å². The van der Waals surface area contributed by atoms with Gasteiger partial charge in [-0.15, -0.1) is 0 Å². The van der Waals surface area contributed by atoms with E-state index < -0.39 is 0 Å². The molecule has 1 atom stereocenters. The Kier molecular flexibility index (Phi) is 2.62. The summed E-state index contributed by atoms with van der Waals surface area (Å²) >= 11 is 4.07. The van der Waals surface area contributed by atoms with Crippen molar-refractivity contribution in [2.45, 2.75) is 43.4 Å². The molecule has 1 heteroatoms. The van der Waals surface area contributed by atoms with Gasteiger partial charge in [0.25, 0.3) is 0 Å². The van der Waals surface area contributed by atoms with Crippen LogP contribution < -0.4 is 0 Å². The molecule has 4 fully saturated rings. The summed E-state index contributed by atoms with van der Waals surface area (Å²) in [6.07, 6.45) is 9.03. The third-order valence-corrected chi connectivity index (χ3v) is 7.22. The van der Waals surface area contributed by atoms with Crippen molar-refractivity contribution in [2.24, 2.45) is 23.2 Å². The molecule has 4 bridgehead atoms. The summed E-state index contributed by atoms with van der Waals surface area (Å²) in [6, 6.07) is 11.1. The Morgan fingerprint density at radius 1 is 0.889 bits per heavy atom. The second-order valence-corrected chi connectivity index (χ2v) is 7.97. The Morgan fingerprint density at radius 2 is 1.39 bits per heavy atom. The van der Waals surface area contributed by atoms with Gasteiger partial charge >= 0.3 is 0 Å². The van der Waals surface area contributed by atoms with Crippen molar-refractivity contribution >= 4 is 15.9 Å². The van der Waals surface area contributed by atoms with E-state index in [0.717, 1.165) is 17.8 Å². The highest BCUT2D eigenvalue weighted by molar-refractivity contribution is 9.09. The zero-order chi connectivity index (χ0) is 12.2. The Hall–Kier alpha value is -0.300. The van der Waals surface area contributed by atoms with Gasteiger partial charge in [0.15, 0.2) is 0 Å². The zero-order valence-corrected chi connectivity index (χ0v) is 12.4. The number of halogens is 1. The minimum Gasteiger partial charge on any atom is -0.0833 e. The summed E-state index contributed by atoms with van der Waals surface area (Å²) in [4.78, 5) is 0.583. The SMILES string of the molecule is BrC(c1ccccc1)C12CC3CC(CC(C3)C1)C2. The molecule has 0 aromatic heterocycles. The van der Waals surface area contributed by atoms with Gasteiger partial charge in [0.2, 0.25) is 0 Å². The summed E-state index contributed by atoms with van der Waals surface area (Å²) < 4.78 is 0. The van der Waals surface area contributed by atoms with E-state index in [1.807, 2.05) is 0 Å². The van der Waals surface area contributed by atoms with Gasteiger partial charge < -0.3 is 0 Å². The fraction of sp³-hybridized carbons (Fsp3) is 0.647. The van der Waals surface area contributed by atoms with E-state index >= 15 is 0 Å². The molecule has 0 nitrogen and oxygen atoms in total. The Morgan fingerprint density at radius 3 is 1.89 bits per heavy atom. The summed E-state index contributed by atoms with van der Waals surface area (Å²) in [7, 11) is 0. The normalized spacial score (nSPS) is 43.1. The van der Waals surface area contributed by atoms with Gasteiger partial charge in [-0.2, -0.15) is 0 Å². The van der Waals surface area contributed by atoms with E-state index in [0.29, 0.717) is 10.2 Å². The molecular weight excluding hydrogens is 284 g/mol. The molecule has 0 radical (unpaired) electrons. The smallest absolute Gasteiger partial charge is 0.0451 e. The predicted molar refractivity (Wildman–Crippen MR) is 78.7 cm³/mol. The molecule has 0 amide bonds. The summed E-state index contributed by atoms with van der Waals surface area (Å²) in [5.74, 6) is 3.13. The maximum Gasteiger partial charge on any atom is 0.0451 e. The van der Waals surface area contributed by atoms with Crippen LogP contribution in [0.25, 0.3) is 0 Å². The fourth-order valence-electron chi connectivity index (χ4n) is 5.46. The highest BCUT2D eigenvalue weighted by Crippen LogP contribution is 2.65. The lowest BCUT2D eigenvalue weighted by Gasteiger charge is -2.58. The third kappa shape index (κ3) is 1.70. The molecule has 1 aromatic rings. The largest absolute Gasteiger partial charge is 0.0833 e. The lowest BCUT2D eigenvalue weighted by atomic mass is 9.48. The van der Waals surface area contributed by atoms with E-state index in [2.05, 4.69) is 46.3 Å². The van der Waals surface area contributed by atoms with E-state index in [1.54, 1.807) is 0 Å². The second-order valence-electron chi connectivity index (χ2n) is 7.05. The van der Waals surface area contributed by atoms with Crippen molar-refractivity contribution in [3.05, 3.63) is 35.9 Å².